The molecule has 4 nitrogen and oxygen atoms in total. The van der Waals surface area contributed by atoms with Crippen molar-refractivity contribution in [2.45, 2.75) is 0 Å². The molecule has 0 atom stereocenters. The van der Waals surface area contributed by atoms with E-state index in [0.717, 1.165) is 33.2 Å². The topological polar surface area (TPSA) is 35.6 Å². The zero-order valence-electron chi connectivity index (χ0n) is 28.1. The summed E-state index contributed by atoms with van der Waals surface area (Å²) in [6.07, 6.45) is 1.93. The van der Waals surface area contributed by atoms with Crippen LogP contribution < -0.4 is 0 Å². The van der Waals surface area contributed by atoms with Crippen LogP contribution in [0.15, 0.2) is 182 Å². The quantitative estimate of drug-likeness (QED) is 0.188. The van der Waals surface area contributed by atoms with Gasteiger partial charge in [-0.05, 0) is 75.5 Å². The number of aromatic nitrogens is 4. The number of benzene rings is 8. The van der Waals surface area contributed by atoms with Gasteiger partial charge in [0.05, 0.1) is 27.6 Å². The van der Waals surface area contributed by atoms with E-state index in [1.165, 1.54) is 60.0 Å². The highest BCUT2D eigenvalue weighted by atomic mass is 15.2. The van der Waals surface area contributed by atoms with E-state index < -0.39 is 0 Å². The van der Waals surface area contributed by atoms with Gasteiger partial charge in [0.2, 0.25) is 5.95 Å². The molecule has 0 unspecified atom stereocenters. The van der Waals surface area contributed by atoms with Gasteiger partial charge in [-0.15, -0.1) is 0 Å². The Bertz CT molecular complexity index is 3170. The summed E-state index contributed by atoms with van der Waals surface area (Å²) in [5, 5.41) is 8.32. The second-order valence-electron chi connectivity index (χ2n) is 13.4. The molecule has 0 amide bonds. The van der Waals surface area contributed by atoms with Crippen LogP contribution in [0.1, 0.15) is 0 Å². The van der Waals surface area contributed by atoms with Crippen LogP contribution in [0, 0.1) is 0 Å². The normalized spacial score (nSPS) is 11.8. The Morgan fingerprint density at radius 2 is 1.00 bits per heavy atom. The molecule has 0 saturated heterocycles. The summed E-state index contributed by atoms with van der Waals surface area (Å²) in [4.78, 5) is 10.0. The molecule has 0 N–H and O–H groups in total. The Balaban J connectivity index is 1.18. The van der Waals surface area contributed by atoms with Gasteiger partial charge >= 0.3 is 0 Å². The van der Waals surface area contributed by atoms with Crippen molar-refractivity contribution in [3.8, 4) is 33.9 Å². The van der Waals surface area contributed by atoms with Crippen molar-refractivity contribution in [3.63, 3.8) is 0 Å². The minimum atomic E-state index is 0.667. The summed E-state index contributed by atoms with van der Waals surface area (Å²) in [7, 11) is 0. The average Bonchev–Trinajstić information content (AvgIpc) is 3.73. The van der Waals surface area contributed by atoms with E-state index in [1.807, 2.05) is 18.3 Å². The lowest BCUT2D eigenvalue weighted by Crippen LogP contribution is -2.01. The third-order valence-corrected chi connectivity index (χ3v) is 10.6. The number of hydrogen-bond acceptors (Lipinski definition) is 2. The zero-order chi connectivity index (χ0) is 34.2. The first kappa shape index (κ1) is 28.8. The van der Waals surface area contributed by atoms with E-state index in [0.29, 0.717) is 5.95 Å². The van der Waals surface area contributed by atoms with Gasteiger partial charge in [0.15, 0.2) is 0 Å². The monoisotopic (exact) mass is 662 g/mol. The van der Waals surface area contributed by atoms with Crippen LogP contribution in [0.3, 0.4) is 0 Å². The predicted molar refractivity (Wildman–Crippen MR) is 217 cm³/mol. The highest BCUT2D eigenvalue weighted by Crippen LogP contribution is 2.42. The highest BCUT2D eigenvalue weighted by Gasteiger charge is 2.20. The molecule has 0 spiro atoms. The number of hydrogen-bond donors (Lipinski definition) is 0. The third-order valence-electron chi connectivity index (χ3n) is 10.6. The molecule has 0 fully saturated rings. The maximum atomic E-state index is 5.08. The maximum absolute atomic E-state index is 5.08. The zero-order valence-corrected chi connectivity index (χ0v) is 28.1. The Morgan fingerprint density at radius 3 is 1.83 bits per heavy atom. The van der Waals surface area contributed by atoms with E-state index >= 15 is 0 Å². The van der Waals surface area contributed by atoms with Gasteiger partial charge < -0.3 is 4.57 Å². The molecule has 0 bridgehead atoms. The van der Waals surface area contributed by atoms with Gasteiger partial charge in [0.1, 0.15) is 0 Å². The molecule has 11 aromatic rings. The van der Waals surface area contributed by atoms with Gasteiger partial charge in [0.25, 0.3) is 0 Å². The number of para-hydroxylation sites is 3. The summed E-state index contributed by atoms with van der Waals surface area (Å²) in [5.74, 6) is 0.667. The first-order valence-electron chi connectivity index (χ1n) is 17.7. The van der Waals surface area contributed by atoms with Crippen LogP contribution in [-0.2, 0) is 0 Å². The number of nitrogens with zero attached hydrogens (tertiary/aromatic N) is 4. The molecule has 242 valence electrons. The van der Waals surface area contributed by atoms with Crippen molar-refractivity contribution in [2.24, 2.45) is 0 Å². The van der Waals surface area contributed by atoms with Gasteiger partial charge in [-0.3, -0.25) is 4.57 Å². The molecule has 3 aromatic heterocycles. The minimum absolute atomic E-state index is 0.667. The molecule has 8 aromatic carbocycles. The molecule has 11 rings (SSSR count). The number of fused-ring (bicyclic) bond motifs is 9. The largest absolute Gasteiger partial charge is 0.309 e. The van der Waals surface area contributed by atoms with Crippen molar-refractivity contribution in [1.29, 1.82) is 0 Å². The van der Waals surface area contributed by atoms with Crippen molar-refractivity contribution in [3.05, 3.63) is 182 Å². The molecular weight excluding hydrogens is 633 g/mol. The van der Waals surface area contributed by atoms with E-state index in [1.54, 1.807) is 0 Å². The lowest BCUT2D eigenvalue weighted by molar-refractivity contribution is 1.01. The van der Waals surface area contributed by atoms with E-state index in [9.17, 15) is 0 Å². The lowest BCUT2D eigenvalue weighted by Gasteiger charge is -2.13. The Hall–Kier alpha value is -7.04. The maximum Gasteiger partial charge on any atom is 0.235 e. The fraction of sp³-hybridized carbons (Fsp3) is 0. The van der Waals surface area contributed by atoms with Crippen LogP contribution >= 0.6 is 0 Å². The van der Waals surface area contributed by atoms with Gasteiger partial charge in [-0.2, -0.15) is 0 Å². The fourth-order valence-electron chi connectivity index (χ4n) is 8.20. The second kappa shape index (κ2) is 11.2. The van der Waals surface area contributed by atoms with E-state index in [-0.39, 0.29) is 0 Å². The SMILES string of the molecule is c1ccc(-c2ccc(-n3c4ccccc4c4ccc(-c5cc6c(c7ccccc57)c5ccccc5n6-c5ncc6ccccc6n5)cc43)cc2)cc1. The Morgan fingerprint density at radius 1 is 0.385 bits per heavy atom. The van der Waals surface area contributed by atoms with Crippen molar-refractivity contribution >= 4 is 65.3 Å². The van der Waals surface area contributed by atoms with Crippen LogP contribution in [0.5, 0.6) is 0 Å². The molecular formula is C48H30N4. The van der Waals surface area contributed by atoms with Crippen molar-refractivity contribution in [1.82, 2.24) is 19.1 Å². The van der Waals surface area contributed by atoms with Gasteiger partial charge in [-0.25, -0.2) is 9.97 Å². The Kier molecular flexibility index (Phi) is 6.22. The van der Waals surface area contributed by atoms with Crippen LogP contribution in [0.4, 0.5) is 0 Å². The minimum Gasteiger partial charge on any atom is -0.309 e. The molecule has 0 aliphatic carbocycles. The van der Waals surface area contributed by atoms with Crippen LogP contribution in [0.25, 0.3) is 99.2 Å². The third kappa shape index (κ3) is 4.28. The molecule has 4 heteroatoms. The smallest absolute Gasteiger partial charge is 0.235 e. The van der Waals surface area contributed by atoms with Crippen LogP contribution in [0.2, 0.25) is 0 Å². The lowest BCUT2D eigenvalue weighted by atomic mass is 9.94. The second-order valence-corrected chi connectivity index (χ2v) is 13.4. The molecule has 0 radical (unpaired) electrons. The van der Waals surface area contributed by atoms with Crippen molar-refractivity contribution < 1.29 is 0 Å². The van der Waals surface area contributed by atoms with E-state index in [2.05, 4.69) is 173 Å². The first-order chi connectivity index (χ1) is 25.8. The molecule has 3 heterocycles. The van der Waals surface area contributed by atoms with Gasteiger partial charge in [0, 0.05) is 38.8 Å². The molecule has 52 heavy (non-hydrogen) atoms. The summed E-state index contributed by atoms with van der Waals surface area (Å²) < 4.78 is 4.64. The van der Waals surface area contributed by atoms with Crippen molar-refractivity contribution in [2.75, 3.05) is 0 Å². The van der Waals surface area contributed by atoms with Gasteiger partial charge in [-0.1, -0.05) is 133 Å². The summed E-state index contributed by atoms with van der Waals surface area (Å²) in [6, 6.07) is 63.1. The molecule has 0 aliphatic heterocycles. The number of rotatable bonds is 4. The molecule has 0 saturated carbocycles. The average molecular weight is 663 g/mol. The summed E-state index contributed by atoms with van der Waals surface area (Å²) >= 11 is 0. The molecule has 0 aliphatic rings. The summed E-state index contributed by atoms with van der Waals surface area (Å²) in [6.45, 7) is 0. The van der Waals surface area contributed by atoms with E-state index in [4.69, 9.17) is 9.97 Å². The highest BCUT2D eigenvalue weighted by molar-refractivity contribution is 6.24. The standard InChI is InChI=1S/C48H30N4/c1-2-12-31(13-3-1)32-22-25-35(26-23-32)51-43-20-10-7-16-37(43)38-27-24-33(28-45(38)51)41-29-46-47(39-17-6-5-15-36(39)41)40-18-8-11-21-44(40)52(46)48-49-30-34-14-4-9-19-42(34)50-48/h1-30H. The summed E-state index contributed by atoms with van der Waals surface area (Å²) in [5.41, 5.74) is 11.4. The predicted octanol–water partition coefficient (Wildman–Crippen LogP) is 12.3. The Labute approximate surface area is 299 Å². The fourth-order valence-corrected chi connectivity index (χ4v) is 8.20. The first-order valence-corrected chi connectivity index (χ1v) is 17.7. The van der Waals surface area contributed by atoms with Crippen LogP contribution in [-0.4, -0.2) is 19.1 Å².